The van der Waals surface area contributed by atoms with Gasteiger partial charge in [-0.25, -0.2) is 9.59 Å². The van der Waals surface area contributed by atoms with Crippen LogP contribution in [0.5, 0.6) is 5.75 Å². The number of hydrogen-bond acceptors (Lipinski definition) is 10. The Balaban J connectivity index is 1.57. The number of non-ortho nitro benzene ring substituents is 1. The molecule has 0 aromatic heterocycles. The predicted molar refractivity (Wildman–Crippen MR) is 158 cm³/mol. The van der Waals surface area contributed by atoms with Crippen molar-refractivity contribution in [2.75, 3.05) is 11.9 Å². The highest BCUT2D eigenvalue weighted by Crippen LogP contribution is 2.18. The lowest BCUT2D eigenvalue weighted by atomic mass is 10.0. The fourth-order valence-electron chi connectivity index (χ4n) is 4.00. The molecule has 3 rings (SSSR count). The number of anilines is 1. The molecule has 0 bridgehead atoms. The van der Waals surface area contributed by atoms with Gasteiger partial charge in [-0.1, -0.05) is 42.5 Å². The Bertz CT molecular complexity index is 1420. The Morgan fingerprint density at radius 3 is 2.16 bits per heavy atom. The SMILES string of the molecule is NCCCCC(NC(=O)C(Cc1ccccc1)OC(N)=O)C(=O)Nc1ccc(COC(=O)Oc2ccc([N+](=O)[O-])cc2)cc1. The summed E-state index contributed by atoms with van der Waals surface area (Å²) in [5.41, 5.74) is 12.4. The van der Waals surface area contributed by atoms with Crippen LogP contribution in [0.1, 0.15) is 30.4 Å². The van der Waals surface area contributed by atoms with Crippen LogP contribution < -0.4 is 26.8 Å². The molecule has 44 heavy (non-hydrogen) atoms. The third-order valence-corrected chi connectivity index (χ3v) is 6.22. The minimum Gasteiger partial charge on any atom is -0.436 e. The van der Waals surface area contributed by atoms with Gasteiger partial charge in [0.25, 0.3) is 11.6 Å². The largest absolute Gasteiger partial charge is 0.514 e. The second-order valence-electron chi connectivity index (χ2n) is 9.54. The van der Waals surface area contributed by atoms with Crippen molar-refractivity contribution in [3.05, 3.63) is 100 Å². The molecule has 14 heteroatoms. The number of amides is 3. The van der Waals surface area contributed by atoms with Gasteiger partial charge in [-0.3, -0.25) is 19.7 Å². The van der Waals surface area contributed by atoms with Gasteiger partial charge in [0.05, 0.1) is 4.92 Å². The van der Waals surface area contributed by atoms with Crippen LogP contribution in [0.2, 0.25) is 0 Å². The van der Waals surface area contributed by atoms with E-state index in [2.05, 4.69) is 10.6 Å². The highest BCUT2D eigenvalue weighted by atomic mass is 16.7. The fourth-order valence-corrected chi connectivity index (χ4v) is 4.00. The number of nitro groups is 1. The van der Waals surface area contributed by atoms with Gasteiger partial charge in [-0.2, -0.15) is 0 Å². The average molecular weight is 608 g/mol. The van der Waals surface area contributed by atoms with Crippen molar-refractivity contribution < 1.29 is 38.3 Å². The smallest absolute Gasteiger partial charge is 0.436 e. The minimum absolute atomic E-state index is 0.0672. The lowest BCUT2D eigenvalue weighted by Gasteiger charge is -2.22. The zero-order valence-corrected chi connectivity index (χ0v) is 23.7. The number of rotatable bonds is 15. The van der Waals surface area contributed by atoms with E-state index >= 15 is 0 Å². The molecule has 3 aromatic carbocycles. The maximum Gasteiger partial charge on any atom is 0.514 e. The van der Waals surface area contributed by atoms with E-state index in [9.17, 15) is 29.3 Å². The molecule has 3 amide bonds. The van der Waals surface area contributed by atoms with Gasteiger partial charge in [-0.05, 0) is 61.2 Å². The Morgan fingerprint density at radius 2 is 1.55 bits per heavy atom. The summed E-state index contributed by atoms with van der Waals surface area (Å²) < 4.78 is 15.1. The van der Waals surface area contributed by atoms with Crippen molar-refractivity contribution in [2.45, 2.75) is 44.4 Å². The molecule has 0 spiro atoms. The number of carbonyl (C=O) groups excluding carboxylic acids is 4. The van der Waals surface area contributed by atoms with Gasteiger partial charge in [0, 0.05) is 24.2 Å². The highest BCUT2D eigenvalue weighted by Gasteiger charge is 2.28. The van der Waals surface area contributed by atoms with Crippen LogP contribution in [0.3, 0.4) is 0 Å². The van der Waals surface area contributed by atoms with Crippen LogP contribution in [0, 0.1) is 10.1 Å². The minimum atomic E-state index is -1.24. The second kappa shape index (κ2) is 16.8. The number of hydrogen-bond donors (Lipinski definition) is 4. The summed E-state index contributed by atoms with van der Waals surface area (Å²) in [5, 5.41) is 16.1. The van der Waals surface area contributed by atoms with Crippen LogP contribution >= 0.6 is 0 Å². The van der Waals surface area contributed by atoms with E-state index in [0.29, 0.717) is 30.6 Å². The van der Waals surface area contributed by atoms with Crippen LogP contribution in [0.4, 0.5) is 21.0 Å². The number of nitrogens with two attached hydrogens (primary N) is 2. The van der Waals surface area contributed by atoms with E-state index in [1.165, 1.54) is 24.3 Å². The van der Waals surface area contributed by atoms with Crippen molar-refractivity contribution in [3.8, 4) is 5.75 Å². The van der Waals surface area contributed by atoms with E-state index < -0.39 is 41.1 Å². The number of benzene rings is 3. The quantitative estimate of drug-likeness (QED) is 0.0647. The van der Waals surface area contributed by atoms with Crippen LogP contribution in [-0.2, 0) is 32.1 Å². The molecule has 0 radical (unpaired) electrons. The molecule has 0 saturated carbocycles. The summed E-state index contributed by atoms with van der Waals surface area (Å²) in [7, 11) is 0. The Morgan fingerprint density at radius 1 is 0.864 bits per heavy atom. The van der Waals surface area contributed by atoms with Crippen molar-refractivity contribution >= 4 is 35.4 Å². The first kappa shape index (κ1) is 33.0. The van der Waals surface area contributed by atoms with Crippen LogP contribution in [0.25, 0.3) is 0 Å². The molecule has 232 valence electrons. The van der Waals surface area contributed by atoms with Gasteiger partial charge < -0.3 is 36.3 Å². The normalized spacial score (nSPS) is 11.8. The summed E-state index contributed by atoms with van der Waals surface area (Å²) in [5.74, 6) is -1.09. The predicted octanol–water partition coefficient (Wildman–Crippen LogP) is 3.57. The molecule has 0 aliphatic carbocycles. The zero-order chi connectivity index (χ0) is 31.9. The number of nitro benzene ring substituents is 1. The van der Waals surface area contributed by atoms with Crippen molar-refractivity contribution in [3.63, 3.8) is 0 Å². The Kier molecular flexibility index (Phi) is 12.6. The van der Waals surface area contributed by atoms with Gasteiger partial charge >= 0.3 is 12.2 Å². The summed E-state index contributed by atoms with van der Waals surface area (Å²) >= 11 is 0. The summed E-state index contributed by atoms with van der Waals surface area (Å²) in [6.07, 6.45) is -1.82. The van der Waals surface area contributed by atoms with Crippen LogP contribution in [0.15, 0.2) is 78.9 Å². The van der Waals surface area contributed by atoms with E-state index in [1.807, 2.05) is 6.07 Å². The number of primary amides is 1. The maximum atomic E-state index is 13.2. The molecule has 14 nitrogen and oxygen atoms in total. The summed E-state index contributed by atoms with van der Waals surface area (Å²) in [6.45, 7) is 0.273. The van der Waals surface area contributed by atoms with E-state index in [4.69, 9.17) is 25.7 Å². The standard InChI is InChI=1S/C30H33N5O9/c31-17-5-4-8-25(34-28(37)26(44-29(32)38)18-20-6-2-1-3-7-20)27(36)33-22-11-9-21(10-12-22)19-42-30(39)43-24-15-13-23(14-16-24)35(40)41/h1-3,6-7,9-16,25-26H,4-5,8,17-19,31H2,(H2,32,38)(H,33,36)(H,34,37). The molecule has 3 aromatic rings. The van der Waals surface area contributed by atoms with E-state index in [-0.39, 0.29) is 30.9 Å². The van der Waals surface area contributed by atoms with E-state index in [1.54, 1.807) is 48.5 Å². The molecule has 0 aliphatic rings. The molecule has 2 unspecified atom stereocenters. The maximum absolute atomic E-state index is 13.2. The molecule has 0 heterocycles. The topological polar surface area (TPSA) is 215 Å². The second-order valence-corrected chi connectivity index (χ2v) is 9.54. The van der Waals surface area contributed by atoms with Gasteiger partial charge in [-0.15, -0.1) is 0 Å². The van der Waals surface area contributed by atoms with Crippen LogP contribution in [-0.4, -0.2) is 47.7 Å². The summed E-state index contributed by atoms with van der Waals surface area (Å²) in [6, 6.07) is 19.3. The number of nitrogens with zero attached hydrogens (tertiary/aromatic N) is 1. The van der Waals surface area contributed by atoms with Crippen molar-refractivity contribution in [1.29, 1.82) is 0 Å². The number of unbranched alkanes of at least 4 members (excludes halogenated alkanes) is 1. The number of nitrogens with one attached hydrogen (secondary N) is 2. The number of carbonyl (C=O) groups is 4. The lowest BCUT2D eigenvalue weighted by Crippen LogP contribution is -2.49. The van der Waals surface area contributed by atoms with Gasteiger partial charge in [0.1, 0.15) is 18.4 Å². The Labute approximate surface area is 252 Å². The van der Waals surface area contributed by atoms with Crippen molar-refractivity contribution in [1.82, 2.24) is 5.32 Å². The third kappa shape index (κ3) is 11.1. The molecule has 2 atom stereocenters. The highest BCUT2D eigenvalue weighted by molar-refractivity contribution is 5.98. The first-order valence-corrected chi connectivity index (χ1v) is 13.6. The molecule has 0 fully saturated rings. The number of ether oxygens (including phenoxy) is 3. The monoisotopic (exact) mass is 607 g/mol. The Hall–Kier alpha value is -5.50. The van der Waals surface area contributed by atoms with Crippen molar-refractivity contribution in [2.24, 2.45) is 11.5 Å². The van der Waals surface area contributed by atoms with Gasteiger partial charge in [0.15, 0.2) is 6.10 Å². The molecule has 0 saturated heterocycles. The average Bonchev–Trinajstić information content (AvgIpc) is 3.00. The third-order valence-electron chi connectivity index (χ3n) is 6.22. The summed E-state index contributed by atoms with van der Waals surface area (Å²) in [4.78, 5) is 59.9. The molecular formula is C30H33N5O9. The first-order valence-electron chi connectivity index (χ1n) is 13.6. The first-order chi connectivity index (χ1) is 21.1. The molecule has 6 N–H and O–H groups in total. The van der Waals surface area contributed by atoms with E-state index in [0.717, 1.165) is 5.56 Å². The molecular weight excluding hydrogens is 574 g/mol. The van der Waals surface area contributed by atoms with Gasteiger partial charge in [0.2, 0.25) is 5.91 Å². The zero-order valence-electron chi connectivity index (χ0n) is 23.7. The lowest BCUT2D eigenvalue weighted by molar-refractivity contribution is -0.384. The fraction of sp³-hybridized carbons (Fsp3) is 0.267. The molecule has 0 aliphatic heterocycles.